The zero-order valence-electron chi connectivity index (χ0n) is 20.5. The molecule has 0 radical (unpaired) electrons. The number of halogens is 3. The van der Waals surface area contributed by atoms with Crippen molar-refractivity contribution in [3.63, 3.8) is 0 Å². The predicted molar refractivity (Wildman–Crippen MR) is 130 cm³/mol. The largest absolute Gasteiger partial charge is 0.471 e. The molecule has 0 saturated carbocycles. The number of rotatable bonds is 11. The Balaban J connectivity index is 1.80. The zero-order chi connectivity index (χ0) is 27.0. The number of nitrogens with zero attached hydrogens (tertiary/aromatic N) is 8. The molecule has 0 aliphatic heterocycles. The number of allylic oxidation sites excluding steroid dienone is 4. The minimum absolute atomic E-state index is 0.0272. The predicted octanol–water partition coefficient (Wildman–Crippen LogP) is 5.42. The fourth-order valence-electron chi connectivity index (χ4n) is 3.17. The van der Waals surface area contributed by atoms with Crippen LogP contribution in [0.4, 0.5) is 13.2 Å². The fourth-order valence-corrected chi connectivity index (χ4v) is 3.17. The van der Waals surface area contributed by atoms with E-state index >= 15 is 0 Å². The van der Waals surface area contributed by atoms with Crippen molar-refractivity contribution in [2.45, 2.75) is 19.7 Å². The van der Waals surface area contributed by atoms with E-state index in [1.807, 2.05) is 13.0 Å². The van der Waals surface area contributed by atoms with E-state index in [-0.39, 0.29) is 18.4 Å². The molecule has 0 N–H and O–H groups in total. The molecule has 0 atom stereocenters. The van der Waals surface area contributed by atoms with Crippen LogP contribution in [0.5, 0.6) is 5.88 Å². The van der Waals surface area contributed by atoms with E-state index in [0.29, 0.717) is 35.4 Å². The second-order valence-corrected chi connectivity index (χ2v) is 7.64. The lowest BCUT2D eigenvalue weighted by Crippen LogP contribution is -2.11. The summed E-state index contributed by atoms with van der Waals surface area (Å²) in [5, 5.41) is 17.6. The van der Waals surface area contributed by atoms with Crippen LogP contribution < -0.4 is 4.74 Å². The molecule has 3 aromatic rings. The van der Waals surface area contributed by atoms with E-state index in [1.165, 1.54) is 6.20 Å². The minimum atomic E-state index is -4.48. The van der Waals surface area contributed by atoms with Crippen LogP contribution in [0, 0.1) is 0 Å². The average Bonchev–Trinajstić information content (AvgIpc) is 3.48. The summed E-state index contributed by atoms with van der Waals surface area (Å²) in [5.41, 5.74) is 1.78. The van der Waals surface area contributed by atoms with Crippen LogP contribution >= 0.6 is 0 Å². The maximum atomic E-state index is 12.8. The maximum absolute atomic E-state index is 12.8. The van der Waals surface area contributed by atoms with E-state index in [2.05, 4.69) is 43.7 Å². The lowest BCUT2D eigenvalue weighted by Gasteiger charge is -2.12. The highest BCUT2D eigenvalue weighted by molar-refractivity contribution is 5.72. The third-order valence-corrected chi connectivity index (χ3v) is 4.92. The molecule has 37 heavy (non-hydrogen) atoms. The summed E-state index contributed by atoms with van der Waals surface area (Å²) in [6, 6.07) is 2.05. The highest BCUT2D eigenvalue weighted by atomic mass is 19.4. The van der Waals surface area contributed by atoms with Gasteiger partial charge in [0.05, 0.1) is 36.6 Å². The van der Waals surface area contributed by atoms with Crippen molar-refractivity contribution in [1.29, 1.82) is 0 Å². The Morgan fingerprint density at radius 2 is 2.05 bits per heavy atom. The number of alkyl halides is 3. The van der Waals surface area contributed by atoms with Gasteiger partial charge in [-0.05, 0) is 13.0 Å². The van der Waals surface area contributed by atoms with Crippen LogP contribution in [0.15, 0.2) is 82.5 Å². The summed E-state index contributed by atoms with van der Waals surface area (Å²) >= 11 is 0. The first-order valence-corrected chi connectivity index (χ1v) is 10.9. The number of aromatic nitrogens is 5. The van der Waals surface area contributed by atoms with Crippen LogP contribution in [0.25, 0.3) is 17.0 Å². The van der Waals surface area contributed by atoms with Crippen LogP contribution in [0.2, 0.25) is 0 Å². The van der Waals surface area contributed by atoms with Gasteiger partial charge in [-0.2, -0.15) is 28.4 Å². The number of ether oxygens (including phenoxy) is 1. The molecule has 0 unspecified atom stereocenters. The monoisotopic (exact) mass is 514 g/mol. The fraction of sp³-hybridized carbons (Fsp3) is 0.250. The molecule has 0 amide bonds. The first kappa shape index (κ1) is 27.0. The summed E-state index contributed by atoms with van der Waals surface area (Å²) in [6.45, 7) is 9.77. The SMILES string of the molecule is C=C/C=C(\C=C(/C)CN(C=C)N=NC)c1noc(-c2cnn(C)c2COc2ccc(C(F)(F)F)cn2)n1. The van der Waals surface area contributed by atoms with E-state index in [4.69, 9.17) is 9.26 Å². The first-order chi connectivity index (χ1) is 17.7. The molecular formula is C24H25F3N8O2. The van der Waals surface area contributed by atoms with Gasteiger partial charge in [-0.25, -0.2) is 4.98 Å². The summed E-state index contributed by atoms with van der Waals surface area (Å²) in [4.78, 5) is 8.21. The maximum Gasteiger partial charge on any atom is 0.417 e. The van der Waals surface area contributed by atoms with Crippen LogP contribution in [0.1, 0.15) is 24.0 Å². The third kappa shape index (κ3) is 6.99. The highest BCUT2D eigenvalue weighted by Gasteiger charge is 2.30. The van der Waals surface area contributed by atoms with Crippen molar-refractivity contribution in [2.24, 2.45) is 17.4 Å². The molecule has 10 nitrogen and oxygen atoms in total. The second-order valence-electron chi connectivity index (χ2n) is 7.64. The lowest BCUT2D eigenvalue weighted by atomic mass is 10.1. The summed E-state index contributed by atoms with van der Waals surface area (Å²) < 4.78 is 50.9. The molecule has 0 bridgehead atoms. The van der Waals surface area contributed by atoms with Gasteiger partial charge in [-0.15, -0.1) is 0 Å². The van der Waals surface area contributed by atoms with Crippen LogP contribution in [-0.4, -0.2) is 43.5 Å². The zero-order valence-corrected chi connectivity index (χ0v) is 20.5. The normalized spacial score (nSPS) is 12.7. The Kier molecular flexibility index (Phi) is 8.72. The Morgan fingerprint density at radius 1 is 1.27 bits per heavy atom. The molecule has 0 aliphatic rings. The molecule has 194 valence electrons. The molecule has 3 rings (SSSR count). The molecule has 0 aliphatic carbocycles. The van der Waals surface area contributed by atoms with Crippen molar-refractivity contribution in [3.8, 4) is 17.3 Å². The van der Waals surface area contributed by atoms with Gasteiger partial charge in [0.1, 0.15) is 6.61 Å². The topological polar surface area (TPSA) is 107 Å². The van der Waals surface area contributed by atoms with Gasteiger partial charge >= 0.3 is 6.18 Å². The number of hydrogen-bond donors (Lipinski definition) is 0. The van der Waals surface area contributed by atoms with Gasteiger partial charge in [0.15, 0.2) is 0 Å². The molecule has 13 heteroatoms. The lowest BCUT2D eigenvalue weighted by molar-refractivity contribution is -0.137. The standard InChI is InChI=1S/C24H25F3N8O2/c1-6-8-17(11-16(3)14-35(7-2)33-28-4)22-31-23(37-32-22)19-13-30-34(5)20(19)15-36-21-10-9-18(12-29-21)24(25,26)27/h6-13H,1-2,14-15H2,3-5H3/b16-11+,17-8+,33-28?. The molecule has 0 aromatic carbocycles. The molecule has 3 aromatic heterocycles. The third-order valence-electron chi connectivity index (χ3n) is 4.92. The second kappa shape index (κ2) is 11.9. The molecule has 0 saturated heterocycles. The van der Waals surface area contributed by atoms with Crippen molar-refractivity contribution in [3.05, 3.63) is 84.8 Å². The highest BCUT2D eigenvalue weighted by Crippen LogP contribution is 2.30. The van der Waals surface area contributed by atoms with Crippen LogP contribution in [0.3, 0.4) is 0 Å². The van der Waals surface area contributed by atoms with Gasteiger partial charge in [-0.3, -0.25) is 9.69 Å². The summed E-state index contributed by atoms with van der Waals surface area (Å²) in [5.74, 6) is 0.534. The van der Waals surface area contributed by atoms with Crippen molar-refractivity contribution in [1.82, 2.24) is 29.9 Å². The minimum Gasteiger partial charge on any atom is -0.471 e. The average molecular weight is 515 g/mol. The van der Waals surface area contributed by atoms with Crippen molar-refractivity contribution < 1.29 is 22.4 Å². The number of pyridine rings is 1. The smallest absolute Gasteiger partial charge is 0.417 e. The van der Waals surface area contributed by atoms with E-state index in [0.717, 1.165) is 17.7 Å². The molecule has 0 spiro atoms. The van der Waals surface area contributed by atoms with Crippen molar-refractivity contribution in [2.75, 3.05) is 13.6 Å². The van der Waals surface area contributed by atoms with Gasteiger partial charge in [0, 0.05) is 31.1 Å². The van der Waals surface area contributed by atoms with Gasteiger partial charge in [-0.1, -0.05) is 47.3 Å². The van der Waals surface area contributed by atoms with Gasteiger partial charge in [0.2, 0.25) is 11.7 Å². The summed E-state index contributed by atoms with van der Waals surface area (Å²) in [7, 11) is 3.25. The number of hydrogen-bond acceptors (Lipinski definition) is 8. The van der Waals surface area contributed by atoms with Crippen LogP contribution in [-0.2, 0) is 19.8 Å². The molecule has 3 heterocycles. The Hall–Kier alpha value is -4.55. The van der Waals surface area contributed by atoms with E-state index < -0.39 is 11.7 Å². The first-order valence-electron chi connectivity index (χ1n) is 10.9. The number of aryl methyl sites for hydroxylation is 1. The van der Waals surface area contributed by atoms with Crippen molar-refractivity contribution >= 4 is 5.57 Å². The quantitative estimate of drug-likeness (QED) is 0.191. The Morgan fingerprint density at radius 3 is 2.68 bits per heavy atom. The molecular weight excluding hydrogens is 489 g/mol. The van der Waals surface area contributed by atoms with Gasteiger partial charge in [0.25, 0.3) is 5.89 Å². The summed E-state index contributed by atoms with van der Waals surface area (Å²) in [6.07, 6.45) is 4.53. The molecule has 0 fully saturated rings. The Labute approximate surface area is 211 Å². The van der Waals surface area contributed by atoms with Gasteiger partial charge < -0.3 is 9.26 Å². The Bertz CT molecular complexity index is 1320. The van der Waals surface area contributed by atoms with E-state index in [9.17, 15) is 13.2 Å². The van der Waals surface area contributed by atoms with E-state index in [1.54, 1.807) is 42.1 Å².